The highest BCUT2D eigenvalue weighted by molar-refractivity contribution is 5.96. The monoisotopic (exact) mass is 524 g/mol. The summed E-state index contributed by atoms with van der Waals surface area (Å²) >= 11 is 0. The summed E-state index contributed by atoms with van der Waals surface area (Å²) in [4.78, 5) is 21.2. The van der Waals surface area contributed by atoms with Crippen LogP contribution in [0, 0.1) is 5.82 Å². The highest BCUT2D eigenvalue weighted by Crippen LogP contribution is 2.34. The van der Waals surface area contributed by atoms with Gasteiger partial charge in [-0.05, 0) is 49.7 Å². The quantitative estimate of drug-likeness (QED) is 0.188. The number of allylic oxidation sites excluding steroid dienone is 1. The molecular formula is C27H27F3N6O2. The number of nitrogens with two attached hydrogens (primary N) is 1. The molecule has 38 heavy (non-hydrogen) atoms. The first-order valence-corrected chi connectivity index (χ1v) is 11.9. The predicted octanol–water partition coefficient (Wildman–Crippen LogP) is 5.03. The summed E-state index contributed by atoms with van der Waals surface area (Å²) in [7, 11) is 1.40. The van der Waals surface area contributed by atoms with E-state index in [0.29, 0.717) is 53.5 Å². The van der Waals surface area contributed by atoms with Gasteiger partial charge in [-0.15, -0.1) is 6.58 Å². The van der Waals surface area contributed by atoms with Crippen LogP contribution in [0.2, 0.25) is 0 Å². The molecule has 4 rings (SSSR count). The largest absolute Gasteiger partial charge is 0.494 e. The van der Waals surface area contributed by atoms with Gasteiger partial charge in [-0.2, -0.15) is 0 Å². The van der Waals surface area contributed by atoms with E-state index < -0.39 is 23.7 Å². The number of nitrogens with zero attached hydrogens (tertiary/aromatic N) is 3. The van der Waals surface area contributed by atoms with E-state index in [1.807, 2.05) is 0 Å². The number of halogens is 3. The third-order valence-electron chi connectivity index (χ3n) is 5.94. The van der Waals surface area contributed by atoms with Crippen LogP contribution >= 0.6 is 0 Å². The molecule has 0 aliphatic heterocycles. The predicted molar refractivity (Wildman–Crippen MR) is 140 cm³/mol. The summed E-state index contributed by atoms with van der Waals surface area (Å²) in [6, 6.07) is 7.33. The molecular weight excluding hydrogens is 497 g/mol. The Morgan fingerprint density at radius 3 is 2.79 bits per heavy atom. The molecule has 0 bridgehead atoms. The Balaban J connectivity index is 1.70. The number of hydrogen-bond donors (Lipinski definition) is 3. The number of benzene rings is 2. The van der Waals surface area contributed by atoms with Crippen molar-refractivity contribution >= 4 is 23.1 Å². The van der Waals surface area contributed by atoms with Gasteiger partial charge in [0, 0.05) is 46.9 Å². The van der Waals surface area contributed by atoms with Gasteiger partial charge in [-0.3, -0.25) is 9.20 Å². The molecule has 198 valence electrons. The van der Waals surface area contributed by atoms with Crippen LogP contribution in [0.5, 0.6) is 5.75 Å². The molecule has 11 heteroatoms. The van der Waals surface area contributed by atoms with Gasteiger partial charge in [0.1, 0.15) is 0 Å². The van der Waals surface area contributed by atoms with Crippen LogP contribution in [-0.4, -0.2) is 40.5 Å². The number of hydrogen-bond acceptors (Lipinski definition) is 6. The maximum absolute atomic E-state index is 15.0. The number of alkyl halides is 2. The van der Waals surface area contributed by atoms with Crippen LogP contribution in [0.15, 0.2) is 61.6 Å². The van der Waals surface area contributed by atoms with Gasteiger partial charge >= 0.3 is 0 Å². The maximum Gasteiger partial charge on any atom is 0.264 e. The fourth-order valence-electron chi connectivity index (χ4n) is 4.11. The van der Waals surface area contributed by atoms with Crippen LogP contribution in [0.3, 0.4) is 0 Å². The number of aromatic nitrogens is 3. The Morgan fingerprint density at radius 1 is 1.26 bits per heavy atom. The molecule has 8 nitrogen and oxygen atoms in total. The Hall–Kier alpha value is -4.38. The normalized spacial score (nSPS) is 11.1. The molecule has 0 atom stereocenters. The van der Waals surface area contributed by atoms with Crippen molar-refractivity contribution in [2.75, 3.05) is 25.5 Å². The third-order valence-corrected chi connectivity index (χ3v) is 5.94. The minimum absolute atomic E-state index is 0.117. The third kappa shape index (κ3) is 5.32. The lowest BCUT2D eigenvalue weighted by molar-refractivity contribution is 0.0940. The van der Waals surface area contributed by atoms with E-state index >= 15 is 4.39 Å². The van der Waals surface area contributed by atoms with Gasteiger partial charge in [-0.25, -0.2) is 23.1 Å². The summed E-state index contributed by atoms with van der Waals surface area (Å²) in [6.07, 6.45) is 4.29. The summed E-state index contributed by atoms with van der Waals surface area (Å²) in [5.74, 6) is -0.674. The highest BCUT2D eigenvalue weighted by Gasteiger charge is 2.21. The Bertz CT molecular complexity index is 1470. The Kier molecular flexibility index (Phi) is 8.27. The SMILES string of the molecule is C=CCc1c(-c2cnc3c(Nc4ccc(C(=O)NCCCN)c(C(F)F)c4)nccn23)ccc(OC)c1F. The second kappa shape index (κ2) is 11.8. The van der Waals surface area contributed by atoms with Crippen molar-refractivity contribution in [2.45, 2.75) is 19.3 Å². The van der Waals surface area contributed by atoms with Crippen LogP contribution in [-0.2, 0) is 6.42 Å². The van der Waals surface area contributed by atoms with E-state index in [-0.39, 0.29) is 17.7 Å². The van der Waals surface area contributed by atoms with Crippen molar-refractivity contribution in [1.82, 2.24) is 19.7 Å². The number of ether oxygens (including phenoxy) is 1. The fraction of sp³-hybridized carbons (Fsp3) is 0.222. The van der Waals surface area contributed by atoms with E-state index in [1.54, 1.807) is 28.9 Å². The molecule has 0 saturated carbocycles. The molecule has 2 aromatic heterocycles. The lowest BCUT2D eigenvalue weighted by Gasteiger charge is -2.14. The fourth-order valence-corrected chi connectivity index (χ4v) is 4.11. The van der Waals surface area contributed by atoms with Crippen LogP contribution in [0.1, 0.15) is 34.3 Å². The van der Waals surface area contributed by atoms with E-state index in [0.717, 1.165) is 0 Å². The average molecular weight is 525 g/mol. The molecule has 0 spiro atoms. The van der Waals surface area contributed by atoms with Gasteiger partial charge in [0.05, 0.1) is 19.0 Å². The number of carbonyl (C=O) groups is 1. The van der Waals surface area contributed by atoms with Crippen molar-refractivity contribution in [3.8, 4) is 17.0 Å². The zero-order valence-corrected chi connectivity index (χ0v) is 20.7. The van der Waals surface area contributed by atoms with Crippen LogP contribution in [0.25, 0.3) is 16.9 Å². The molecule has 2 aromatic carbocycles. The molecule has 1 amide bonds. The van der Waals surface area contributed by atoms with E-state index in [4.69, 9.17) is 10.5 Å². The minimum atomic E-state index is -2.87. The van der Waals surface area contributed by atoms with Gasteiger partial charge in [0.15, 0.2) is 23.0 Å². The van der Waals surface area contributed by atoms with Crippen LogP contribution in [0.4, 0.5) is 24.7 Å². The van der Waals surface area contributed by atoms with Gasteiger partial charge < -0.3 is 21.1 Å². The van der Waals surface area contributed by atoms with Crippen molar-refractivity contribution in [1.29, 1.82) is 0 Å². The summed E-state index contributed by atoms with van der Waals surface area (Å²) in [5.41, 5.74) is 7.17. The molecule has 0 fully saturated rings. The van der Waals surface area contributed by atoms with Gasteiger partial charge in [-0.1, -0.05) is 6.08 Å². The van der Waals surface area contributed by atoms with E-state index in [9.17, 15) is 13.6 Å². The Labute approximate surface area is 217 Å². The van der Waals surface area contributed by atoms with Crippen molar-refractivity contribution in [3.63, 3.8) is 0 Å². The van der Waals surface area contributed by atoms with E-state index in [2.05, 4.69) is 27.2 Å². The van der Waals surface area contributed by atoms with Gasteiger partial charge in [0.2, 0.25) is 0 Å². The first-order chi connectivity index (χ1) is 18.4. The van der Waals surface area contributed by atoms with Gasteiger partial charge in [0.25, 0.3) is 12.3 Å². The molecule has 0 radical (unpaired) electrons. The number of fused-ring (bicyclic) bond motifs is 1. The number of methoxy groups -OCH3 is 1. The first-order valence-electron chi connectivity index (χ1n) is 11.9. The molecule has 4 N–H and O–H groups in total. The second-order valence-corrected chi connectivity index (χ2v) is 8.34. The number of rotatable bonds is 11. The molecule has 0 unspecified atom stereocenters. The highest BCUT2D eigenvalue weighted by atomic mass is 19.3. The number of anilines is 2. The summed E-state index contributed by atoms with van der Waals surface area (Å²) in [5, 5.41) is 5.60. The smallest absolute Gasteiger partial charge is 0.264 e. The van der Waals surface area contributed by atoms with Crippen molar-refractivity contribution < 1.29 is 22.7 Å². The zero-order valence-electron chi connectivity index (χ0n) is 20.7. The number of amides is 1. The zero-order chi connectivity index (χ0) is 27.2. The van der Waals surface area contributed by atoms with Crippen LogP contribution < -0.4 is 21.1 Å². The second-order valence-electron chi connectivity index (χ2n) is 8.34. The molecule has 0 aliphatic carbocycles. The number of nitrogens with one attached hydrogen (secondary N) is 2. The average Bonchev–Trinajstić information content (AvgIpc) is 3.35. The van der Waals surface area contributed by atoms with Crippen molar-refractivity contribution in [2.24, 2.45) is 5.73 Å². The molecule has 0 aliphatic rings. The molecule has 4 aromatic rings. The Morgan fingerprint density at radius 2 is 2.08 bits per heavy atom. The first kappa shape index (κ1) is 26.7. The standard InChI is InChI=1S/C27H27F3N6O2/c1-3-5-18-17(8-9-22(38-2)23(18)28)21-15-34-26-25(32-12-13-36(21)26)35-16-6-7-19(20(14-16)24(29)30)27(37)33-11-4-10-31/h3,6-9,12-15,24H,1,4-5,10-11,31H2,2H3,(H,32,35)(H,33,37). The molecule has 2 heterocycles. The summed E-state index contributed by atoms with van der Waals surface area (Å²) in [6.45, 7) is 4.39. The topological polar surface area (TPSA) is 107 Å². The summed E-state index contributed by atoms with van der Waals surface area (Å²) < 4.78 is 49.5. The van der Waals surface area contributed by atoms with Crippen molar-refractivity contribution in [3.05, 3.63) is 84.1 Å². The lowest BCUT2D eigenvalue weighted by Crippen LogP contribution is -2.27. The molecule has 0 saturated heterocycles. The minimum Gasteiger partial charge on any atom is -0.494 e. The number of imidazole rings is 1. The maximum atomic E-state index is 15.0. The van der Waals surface area contributed by atoms with E-state index in [1.165, 1.54) is 37.6 Å². The number of carbonyl (C=O) groups excluding carboxylic acids is 1. The lowest BCUT2D eigenvalue weighted by atomic mass is 10.0.